The van der Waals surface area contributed by atoms with E-state index in [1.165, 1.54) is 97.1 Å². The highest BCUT2D eigenvalue weighted by Crippen LogP contribution is 2.21. The molecule has 110 valence electrons. The van der Waals surface area contributed by atoms with Crippen molar-refractivity contribution >= 4 is 9.28 Å². The van der Waals surface area contributed by atoms with Crippen molar-refractivity contribution in [1.82, 2.24) is 13.7 Å². The van der Waals surface area contributed by atoms with Gasteiger partial charge in [-0.2, -0.15) is 0 Å². The van der Waals surface area contributed by atoms with E-state index in [-0.39, 0.29) is 0 Å². The zero-order valence-corrected chi connectivity index (χ0v) is 13.7. The summed E-state index contributed by atoms with van der Waals surface area (Å²) in [5.74, 6) is 0. The lowest BCUT2D eigenvalue weighted by atomic mass is 10.2. The van der Waals surface area contributed by atoms with E-state index in [2.05, 4.69) is 13.7 Å². The van der Waals surface area contributed by atoms with E-state index >= 15 is 0 Å². The second kappa shape index (κ2) is 7.20. The van der Waals surface area contributed by atoms with Crippen LogP contribution in [0.1, 0.15) is 57.8 Å². The first kappa shape index (κ1) is 14.1. The second-order valence-corrected chi connectivity index (χ2v) is 9.52. The van der Waals surface area contributed by atoms with Crippen LogP contribution in [-0.2, 0) is 0 Å². The van der Waals surface area contributed by atoms with Crippen LogP contribution in [0.3, 0.4) is 0 Å². The molecule has 0 atom stereocenters. The summed E-state index contributed by atoms with van der Waals surface area (Å²) in [5, 5.41) is 0. The van der Waals surface area contributed by atoms with E-state index in [0.29, 0.717) is 0 Å². The average Bonchev–Trinajstić information content (AvgIpc) is 2.51. The lowest BCUT2D eigenvalue weighted by Crippen LogP contribution is -2.65. The number of hydrogen-bond donors (Lipinski definition) is 0. The van der Waals surface area contributed by atoms with Crippen molar-refractivity contribution < 1.29 is 0 Å². The van der Waals surface area contributed by atoms with Gasteiger partial charge in [-0.05, 0) is 77.8 Å². The maximum Gasteiger partial charge on any atom is 0.272 e. The highest BCUT2D eigenvalue weighted by molar-refractivity contribution is 6.49. The molecular formula is C15H31N3Si. The first-order chi connectivity index (χ1) is 9.45. The summed E-state index contributed by atoms with van der Waals surface area (Å²) in [6, 6.07) is 0. The van der Waals surface area contributed by atoms with Crippen molar-refractivity contribution in [3.63, 3.8) is 0 Å². The number of rotatable bonds is 3. The lowest BCUT2D eigenvalue weighted by molar-refractivity contribution is 0.211. The minimum absolute atomic E-state index is 0.978. The first-order valence-corrected chi connectivity index (χ1v) is 10.2. The molecule has 0 bridgehead atoms. The molecule has 3 saturated heterocycles. The minimum Gasteiger partial charge on any atom is -0.302 e. The van der Waals surface area contributed by atoms with Crippen molar-refractivity contribution in [3.05, 3.63) is 0 Å². The molecule has 3 rings (SSSR count). The third-order valence-corrected chi connectivity index (χ3v) is 8.66. The molecule has 0 aromatic rings. The van der Waals surface area contributed by atoms with Crippen LogP contribution < -0.4 is 0 Å². The Kier molecular flexibility index (Phi) is 5.33. The van der Waals surface area contributed by atoms with Crippen molar-refractivity contribution in [2.75, 3.05) is 39.3 Å². The molecule has 3 aliphatic heterocycles. The van der Waals surface area contributed by atoms with Gasteiger partial charge in [-0.1, -0.05) is 19.3 Å². The predicted octanol–water partition coefficient (Wildman–Crippen LogP) is 2.16. The molecule has 0 aromatic carbocycles. The molecule has 3 aliphatic rings. The average molecular weight is 282 g/mol. The molecule has 3 heterocycles. The van der Waals surface area contributed by atoms with Crippen LogP contribution in [0.25, 0.3) is 0 Å². The van der Waals surface area contributed by atoms with E-state index in [1.807, 2.05) is 0 Å². The van der Waals surface area contributed by atoms with E-state index in [0.717, 1.165) is 0 Å². The molecule has 0 radical (unpaired) electrons. The Morgan fingerprint density at radius 3 is 0.895 bits per heavy atom. The van der Waals surface area contributed by atoms with Crippen molar-refractivity contribution in [1.29, 1.82) is 0 Å². The van der Waals surface area contributed by atoms with Crippen LogP contribution in [0.4, 0.5) is 0 Å². The molecule has 0 saturated carbocycles. The molecule has 3 nitrogen and oxygen atoms in total. The van der Waals surface area contributed by atoms with Gasteiger partial charge in [-0.3, -0.25) is 0 Å². The standard InChI is InChI=1S/C15H31N3Si/c1-4-10-16(11-5-1)19(17-12-6-2-7-13-17)18-14-8-3-9-15-18/h19H,1-15H2. The van der Waals surface area contributed by atoms with E-state index in [1.54, 1.807) is 0 Å². The van der Waals surface area contributed by atoms with Crippen molar-refractivity contribution in [2.45, 2.75) is 57.8 Å². The number of nitrogens with zero attached hydrogens (tertiary/aromatic N) is 3. The minimum atomic E-state index is -0.978. The molecule has 0 aromatic heterocycles. The molecule has 4 heteroatoms. The van der Waals surface area contributed by atoms with Gasteiger partial charge in [0, 0.05) is 0 Å². The molecule has 0 unspecified atom stereocenters. The summed E-state index contributed by atoms with van der Waals surface area (Å²) in [6.07, 6.45) is 13.1. The third-order valence-electron chi connectivity index (χ3n) is 5.15. The molecule has 0 aliphatic carbocycles. The summed E-state index contributed by atoms with van der Waals surface area (Å²) in [6.45, 7) is 8.36. The van der Waals surface area contributed by atoms with Crippen LogP contribution in [0.5, 0.6) is 0 Å². The molecule has 0 spiro atoms. The summed E-state index contributed by atoms with van der Waals surface area (Å²) in [4.78, 5) is 0. The Labute approximate surface area is 120 Å². The van der Waals surface area contributed by atoms with Gasteiger partial charge in [-0.25, -0.2) is 0 Å². The Bertz CT molecular complexity index is 213. The fourth-order valence-electron chi connectivity index (χ4n) is 4.14. The van der Waals surface area contributed by atoms with E-state index in [9.17, 15) is 0 Å². The zero-order chi connectivity index (χ0) is 12.9. The van der Waals surface area contributed by atoms with E-state index < -0.39 is 9.28 Å². The Hall–Kier alpha value is 0.0969. The largest absolute Gasteiger partial charge is 0.302 e. The first-order valence-electron chi connectivity index (χ1n) is 8.67. The highest BCUT2D eigenvalue weighted by Gasteiger charge is 2.35. The van der Waals surface area contributed by atoms with Gasteiger partial charge in [0.2, 0.25) is 0 Å². The normalized spacial score (nSPS) is 28.9. The SMILES string of the molecule is C1CCN([SiH](N2CCCCC2)N2CCCCC2)CC1. The number of hydrogen-bond acceptors (Lipinski definition) is 3. The van der Waals surface area contributed by atoms with Gasteiger partial charge in [-0.15, -0.1) is 0 Å². The van der Waals surface area contributed by atoms with Gasteiger partial charge in [0.1, 0.15) is 0 Å². The van der Waals surface area contributed by atoms with Gasteiger partial charge in [0.05, 0.1) is 0 Å². The maximum atomic E-state index is 2.93. The monoisotopic (exact) mass is 281 g/mol. The van der Waals surface area contributed by atoms with Gasteiger partial charge < -0.3 is 13.7 Å². The topological polar surface area (TPSA) is 9.72 Å². The van der Waals surface area contributed by atoms with Crippen LogP contribution in [0, 0.1) is 0 Å². The maximum absolute atomic E-state index is 2.93. The van der Waals surface area contributed by atoms with Gasteiger partial charge in [0.25, 0.3) is 9.28 Å². The van der Waals surface area contributed by atoms with Crippen LogP contribution >= 0.6 is 0 Å². The molecular weight excluding hydrogens is 250 g/mol. The van der Waals surface area contributed by atoms with Crippen molar-refractivity contribution in [2.24, 2.45) is 0 Å². The molecule has 0 amide bonds. The second-order valence-electron chi connectivity index (χ2n) is 6.64. The highest BCUT2D eigenvalue weighted by atomic mass is 28.3. The Morgan fingerprint density at radius 1 is 0.368 bits per heavy atom. The smallest absolute Gasteiger partial charge is 0.272 e. The molecule has 0 N–H and O–H groups in total. The lowest BCUT2D eigenvalue weighted by Gasteiger charge is -2.47. The van der Waals surface area contributed by atoms with Crippen molar-refractivity contribution in [3.8, 4) is 0 Å². The summed E-state index contributed by atoms with van der Waals surface area (Å²) < 4.78 is 8.79. The number of piperidine rings is 3. The quantitative estimate of drug-likeness (QED) is 0.734. The predicted molar refractivity (Wildman–Crippen MR) is 83.4 cm³/mol. The Morgan fingerprint density at radius 2 is 0.632 bits per heavy atom. The Balaban J connectivity index is 1.68. The van der Waals surface area contributed by atoms with E-state index in [4.69, 9.17) is 0 Å². The molecule has 19 heavy (non-hydrogen) atoms. The van der Waals surface area contributed by atoms with Crippen LogP contribution in [0.15, 0.2) is 0 Å². The van der Waals surface area contributed by atoms with Crippen LogP contribution in [0.2, 0.25) is 0 Å². The van der Waals surface area contributed by atoms with Gasteiger partial charge >= 0.3 is 0 Å². The fourth-order valence-corrected chi connectivity index (χ4v) is 8.01. The van der Waals surface area contributed by atoms with Gasteiger partial charge in [0.15, 0.2) is 0 Å². The third kappa shape index (κ3) is 3.60. The van der Waals surface area contributed by atoms with Crippen LogP contribution in [-0.4, -0.2) is 62.2 Å². The molecule has 3 fully saturated rings. The zero-order valence-electron chi connectivity index (χ0n) is 12.5. The fraction of sp³-hybridized carbons (Fsp3) is 1.00. The summed E-state index contributed by atoms with van der Waals surface area (Å²) in [7, 11) is -0.978. The summed E-state index contributed by atoms with van der Waals surface area (Å²) in [5.41, 5.74) is 0. The summed E-state index contributed by atoms with van der Waals surface area (Å²) >= 11 is 0.